The first-order chi connectivity index (χ1) is 26.8. The van der Waals surface area contributed by atoms with E-state index in [1.54, 1.807) is 0 Å². The molecule has 0 amide bonds. The molecule has 4 heteroatoms. The fraction of sp³-hybridized carbons (Fsp3) is 0. The number of rotatable bonds is 5. The third kappa shape index (κ3) is 4.88. The van der Waals surface area contributed by atoms with Gasteiger partial charge in [0.2, 0.25) is 0 Å². The predicted molar refractivity (Wildman–Crippen MR) is 229 cm³/mol. The highest BCUT2D eigenvalue weighted by Gasteiger charge is 2.22. The molecule has 0 aliphatic heterocycles. The average Bonchev–Trinajstić information content (AvgIpc) is 3.81. The van der Waals surface area contributed by atoms with Gasteiger partial charge in [-0.2, -0.15) is 0 Å². The van der Waals surface area contributed by atoms with Crippen molar-refractivity contribution >= 4 is 64.1 Å². The quantitative estimate of drug-likeness (QED) is 0.178. The summed E-state index contributed by atoms with van der Waals surface area (Å²) in [6, 6.07) is 67.0. The lowest BCUT2D eigenvalue weighted by Gasteiger charge is -2.13. The van der Waals surface area contributed by atoms with Crippen molar-refractivity contribution in [3.63, 3.8) is 0 Å². The van der Waals surface area contributed by atoms with Crippen LogP contribution < -0.4 is 0 Å². The standard InChI is InChI=1S/C50H31N3S/c1-4-14-32(15-5-1)36-26-29-45-41(30-36)46-38-20-10-11-21-39(38)48-47(49(46)54-45)40-22-12-13-23-44(40)53(48)37-27-24-35(25-28-37)50-51-42(33-16-6-2-7-17-33)31-43(52-50)34-18-8-3-9-19-34/h1-31H. The summed E-state index contributed by atoms with van der Waals surface area (Å²) in [6.45, 7) is 0. The molecule has 3 heterocycles. The molecule has 8 aromatic carbocycles. The molecular formula is C50H31N3S. The van der Waals surface area contributed by atoms with Gasteiger partial charge >= 0.3 is 0 Å². The Morgan fingerprint density at radius 2 is 0.944 bits per heavy atom. The van der Waals surface area contributed by atoms with Crippen LogP contribution in [0, 0.1) is 0 Å². The minimum Gasteiger partial charge on any atom is -0.309 e. The zero-order valence-corrected chi connectivity index (χ0v) is 30.0. The molecule has 11 rings (SSSR count). The second-order valence-electron chi connectivity index (χ2n) is 13.7. The summed E-state index contributed by atoms with van der Waals surface area (Å²) in [5, 5.41) is 7.72. The number of para-hydroxylation sites is 1. The molecule has 3 aromatic heterocycles. The highest BCUT2D eigenvalue weighted by molar-refractivity contribution is 7.27. The molecule has 0 aliphatic carbocycles. The lowest BCUT2D eigenvalue weighted by atomic mass is 9.97. The van der Waals surface area contributed by atoms with E-state index in [2.05, 4.69) is 180 Å². The van der Waals surface area contributed by atoms with E-state index in [1.165, 1.54) is 63.9 Å². The van der Waals surface area contributed by atoms with Gasteiger partial charge in [-0.1, -0.05) is 140 Å². The number of aromatic nitrogens is 3. The van der Waals surface area contributed by atoms with Crippen LogP contribution in [-0.4, -0.2) is 14.5 Å². The van der Waals surface area contributed by atoms with Crippen molar-refractivity contribution in [2.24, 2.45) is 0 Å². The van der Waals surface area contributed by atoms with Crippen LogP contribution in [0.1, 0.15) is 0 Å². The van der Waals surface area contributed by atoms with Gasteiger partial charge in [0, 0.05) is 58.7 Å². The third-order valence-electron chi connectivity index (χ3n) is 10.6. The molecule has 0 fully saturated rings. The largest absolute Gasteiger partial charge is 0.309 e. The fourth-order valence-corrected chi connectivity index (χ4v) is 9.36. The van der Waals surface area contributed by atoms with Gasteiger partial charge in [-0.05, 0) is 65.0 Å². The van der Waals surface area contributed by atoms with E-state index in [-0.39, 0.29) is 0 Å². The van der Waals surface area contributed by atoms with Gasteiger partial charge in [0.25, 0.3) is 0 Å². The molecule has 0 bridgehead atoms. The minimum atomic E-state index is 0.705. The van der Waals surface area contributed by atoms with E-state index in [4.69, 9.17) is 9.97 Å². The Kier molecular flexibility index (Phi) is 7.04. The van der Waals surface area contributed by atoms with Crippen LogP contribution in [0.3, 0.4) is 0 Å². The van der Waals surface area contributed by atoms with Crippen LogP contribution in [0.5, 0.6) is 0 Å². The first-order valence-corrected chi connectivity index (χ1v) is 19.1. The Morgan fingerprint density at radius 1 is 0.389 bits per heavy atom. The number of fused-ring (bicyclic) bond motifs is 10. The van der Waals surface area contributed by atoms with Crippen LogP contribution in [0.25, 0.3) is 103 Å². The fourth-order valence-electron chi connectivity index (χ4n) is 8.10. The van der Waals surface area contributed by atoms with E-state index in [0.717, 1.165) is 33.8 Å². The Bertz CT molecular complexity index is 3120. The van der Waals surface area contributed by atoms with Gasteiger partial charge < -0.3 is 4.57 Å². The van der Waals surface area contributed by atoms with E-state index in [9.17, 15) is 0 Å². The maximum atomic E-state index is 5.10. The summed E-state index contributed by atoms with van der Waals surface area (Å²) in [5.41, 5.74) is 10.9. The smallest absolute Gasteiger partial charge is 0.160 e. The van der Waals surface area contributed by atoms with Gasteiger partial charge in [0.15, 0.2) is 5.82 Å². The Morgan fingerprint density at radius 3 is 1.61 bits per heavy atom. The summed E-state index contributed by atoms with van der Waals surface area (Å²) < 4.78 is 5.08. The summed E-state index contributed by atoms with van der Waals surface area (Å²) in [7, 11) is 0. The van der Waals surface area contributed by atoms with Crippen LogP contribution in [-0.2, 0) is 0 Å². The molecule has 0 spiro atoms. The van der Waals surface area contributed by atoms with Crippen LogP contribution in [0.2, 0.25) is 0 Å². The lowest BCUT2D eigenvalue weighted by Crippen LogP contribution is -1.97. The first kappa shape index (κ1) is 30.7. The molecule has 0 N–H and O–H groups in total. The normalized spacial score (nSPS) is 11.7. The monoisotopic (exact) mass is 705 g/mol. The van der Waals surface area contributed by atoms with Gasteiger partial charge in [-0.3, -0.25) is 0 Å². The summed E-state index contributed by atoms with van der Waals surface area (Å²) in [6.07, 6.45) is 0. The number of thiophene rings is 1. The molecule has 11 aromatic rings. The molecule has 54 heavy (non-hydrogen) atoms. The van der Waals surface area contributed by atoms with Crippen LogP contribution in [0.4, 0.5) is 0 Å². The topological polar surface area (TPSA) is 30.7 Å². The number of nitrogens with zero attached hydrogens (tertiary/aromatic N) is 3. The first-order valence-electron chi connectivity index (χ1n) is 18.2. The Labute approximate surface area is 316 Å². The van der Waals surface area contributed by atoms with E-state index in [0.29, 0.717) is 5.82 Å². The van der Waals surface area contributed by atoms with Crippen LogP contribution >= 0.6 is 11.3 Å². The summed E-state index contributed by atoms with van der Waals surface area (Å²) in [5.74, 6) is 0.705. The van der Waals surface area contributed by atoms with Crippen molar-refractivity contribution in [3.8, 4) is 50.7 Å². The Balaban J connectivity index is 1.13. The van der Waals surface area contributed by atoms with Crippen molar-refractivity contribution in [2.75, 3.05) is 0 Å². The van der Waals surface area contributed by atoms with E-state index >= 15 is 0 Å². The number of hydrogen-bond donors (Lipinski definition) is 0. The lowest BCUT2D eigenvalue weighted by molar-refractivity contribution is 1.17. The third-order valence-corrected chi connectivity index (χ3v) is 11.8. The van der Waals surface area contributed by atoms with Crippen molar-refractivity contribution in [1.29, 1.82) is 0 Å². The van der Waals surface area contributed by atoms with Crippen molar-refractivity contribution in [1.82, 2.24) is 14.5 Å². The summed E-state index contributed by atoms with van der Waals surface area (Å²) >= 11 is 1.90. The zero-order chi connectivity index (χ0) is 35.6. The second-order valence-corrected chi connectivity index (χ2v) is 14.8. The SMILES string of the molecule is c1ccc(-c2ccc3sc4c(c3c2)c2ccccc2c2c4c3ccccc3n2-c2ccc(-c3nc(-c4ccccc4)cc(-c4ccccc4)n3)cc2)cc1. The second kappa shape index (κ2) is 12.4. The van der Waals surface area contributed by atoms with Gasteiger partial charge in [0.05, 0.1) is 22.4 Å². The minimum absolute atomic E-state index is 0.705. The molecule has 0 saturated carbocycles. The average molecular weight is 706 g/mol. The Hall–Kier alpha value is -6.88. The highest BCUT2D eigenvalue weighted by Crippen LogP contribution is 2.48. The molecule has 3 nitrogen and oxygen atoms in total. The molecule has 252 valence electrons. The van der Waals surface area contributed by atoms with Gasteiger partial charge in [-0.15, -0.1) is 11.3 Å². The van der Waals surface area contributed by atoms with Crippen molar-refractivity contribution in [3.05, 3.63) is 188 Å². The maximum absolute atomic E-state index is 5.10. The number of hydrogen-bond acceptors (Lipinski definition) is 3. The zero-order valence-electron chi connectivity index (χ0n) is 29.1. The van der Waals surface area contributed by atoms with E-state index in [1.807, 2.05) is 23.5 Å². The molecule has 0 saturated heterocycles. The van der Waals surface area contributed by atoms with Crippen molar-refractivity contribution < 1.29 is 0 Å². The van der Waals surface area contributed by atoms with Crippen molar-refractivity contribution in [2.45, 2.75) is 0 Å². The maximum Gasteiger partial charge on any atom is 0.160 e. The summed E-state index contributed by atoms with van der Waals surface area (Å²) in [4.78, 5) is 10.2. The van der Waals surface area contributed by atoms with Gasteiger partial charge in [0.1, 0.15) is 0 Å². The molecule has 0 radical (unpaired) electrons. The van der Waals surface area contributed by atoms with E-state index < -0.39 is 0 Å². The highest BCUT2D eigenvalue weighted by atomic mass is 32.1. The molecular weight excluding hydrogens is 675 g/mol. The molecule has 0 unspecified atom stereocenters. The molecule has 0 atom stereocenters. The van der Waals surface area contributed by atoms with Crippen LogP contribution in [0.15, 0.2) is 188 Å². The molecule has 0 aliphatic rings. The number of benzene rings is 8. The van der Waals surface area contributed by atoms with Gasteiger partial charge in [-0.25, -0.2) is 9.97 Å². The predicted octanol–water partition coefficient (Wildman–Crippen LogP) is 13.8.